The number of likely N-dealkylation sites (tertiary alicyclic amines) is 1. The van der Waals surface area contributed by atoms with Crippen LogP contribution in [-0.2, 0) is 16.6 Å². The van der Waals surface area contributed by atoms with Crippen molar-refractivity contribution in [1.82, 2.24) is 15.2 Å². The van der Waals surface area contributed by atoms with Gasteiger partial charge in [-0.15, -0.1) is 0 Å². The largest absolute Gasteiger partial charge is 0.339 e. The summed E-state index contributed by atoms with van der Waals surface area (Å²) in [4.78, 5) is 21.2. The molecule has 3 aliphatic rings. The number of hydrogen-bond acceptors (Lipinski definition) is 3. The summed E-state index contributed by atoms with van der Waals surface area (Å²) in [5.41, 5.74) is 3.60. The van der Waals surface area contributed by atoms with Gasteiger partial charge < -0.3 is 10.2 Å². The summed E-state index contributed by atoms with van der Waals surface area (Å²) in [6.45, 7) is 9.29. The Morgan fingerprint density at radius 3 is 2.73 bits per heavy atom. The lowest BCUT2D eigenvalue weighted by atomic mass is 9.64. The third-order valence-corrected chi connectivity index (χ3v) is 8.63. The number of aryl methyl sites for hydroxylation is 1. The molecule has 0 saturated carbocycles. The predicted octanol–water partition coefficient (Wildman–Crippen LogP) is 5.35. The first-order valence-corrected chi connectivity index (χ1v) is 12.9. The van der Waals surface area contributed by atoms with Gasteiger partial charge in [-0.25, -0.2) is 4.98 Å². The van der Waals surface area contributed by atoms with Gasteiger partial charge in [0, 0.05) is 36.8 Å². The summed E-state index contributed by atoms with van der Waals surface area (Å²) >= 11 is 6.22. The van der Waals surface area contributed by atoms with Crippen molar-refractivity contribution in [1.29, 1.82) is 0 Å². The highest BCUT2D eigenvalue weighted by Gasteiger charge is 2.53. The number of benzene rings is 1. The van der Waals surface area contributed by atoms with E-state index in [1.807, 2.05) is 6.07 Å². The summed E-state index contributed by atoms with van der Waals surface area (Å²) in [5.74, 6) is 0.795. The number of amides is 1. The molecule has 2 aromatic rings. The average Bonchev–Trinajstić information content (AvgIpc) is 3.22. The number of fused-ring (bicyclic) bond motifs is 2. The first-order chi connectivity index (χ1) is 15.8. The SMILES string of the molecule is CC(C)(C)C1CC(c2ccccc2)CCN1C(=O)[C@@H]1CNC[C@]12CCCc1nc(Cl)ccc12. The smallest absolute Gasteiger partial charge is 0.228 e. The van der Waals surface area contributed by atoms with Crippen molar-refractivity contribution in [2.24, 2.45) is 11.3 Å². The standard InChI is InChI=1S/C28H36ClN3O/c1-27(2,3)24-16-20(19-8-5-4-6-9-19)13-15-32(24)26(33)22-17-30-18-28(22)14-7-10-23-21(28)11-12-25(29)31-23/h4-6,8-9,11-12,20,22,24,30H,7,10,13-18H2,1-3H3/t20?,22-,24?,28-/m0/s1. The maximum Gasteiger partial charge on any atom is 0.228 e. The van der Waals surface area contributed by atoms with Crippen LogP contribution in [0.4, 0.5) is 0 Å². The van der Waals surface area contributed by atoms with Crippen LogP contribution < -0.4 is 5.32 Å². The minimum absolute atomic E-state index is 0.0296. The molecule has 5 rings (SSSR count). The molecular formula is C28H36ClN3O. The van der Waals surface area contributed by atoms with Crippen molar-refractivity contribution in [3.8, 4) is 0 Å². The van der Waals surface area contributed by atoms with E-state index in [2.05, 4.69) is 72.4 Å². The maximum absolute atomic E-state index is 14.3. The lowest BCUT2D eigenvalue weighted by Gasteiger charge is -2.49. The molecule has 0 radical (unpaired) electrons. The number of pyridine rings is 1. The average molecular weight is 466 g/mol. The number of piperidine rings is 1. The third kappa shape index (κ3) is 4.10. The Kier molecular flexibility index (Phi) is 6.03. The van der Waals surface area contributed by atoms with Crippen LogP contribution in [0, 0.1) is 11.3 Å². The highest BCUT2D eigenvalue weighted by molar-refractivity contribution is 6.29. The zero-order chi connectivity index (χ0) is 23.2. The Labute approximate surface area is 203 Å². The van der Waals surface area contributed by atoms with Crippen LogP contribution >= 0.6 is 11.6 Å². The van der Waals surface area contributed by atoms with Crippen molar-refractivity contribution in [2.45, 2.75) is 70.3 Å². The molecule has 4 atom stereocenters. The number of carbonyl (C=O) groups excluding carboxylic acids is 1. The van der Waals surface area contributed by atoms with E-state index in [0.29, 0.717) is 17.0 Å². The monoisotopic (exact) mass is 465 g/mol. The molecule has 176 valence electrons. The Balaban J connectivity index is 1.45. The molecule has 1 aromatic carbocycles. The normalized spacial score (nSPS) is 29.8. The Morgan fingerprint density at radius 1 is 1.18 bits per heavy atom. The number of nitrogens with zero attached hydrogens (tertiary/aromatic N) is 2. The molecule has 1 N–H and O–H groups in total. The second-order valence-electron chi connectivity index (χ2n) is 11.4. The second kappa shape index (κ2) is 8.70. The van der Waals surface area contributed by atoms with Gasteiger partial charge >= 0.3 is 0 Å². The Hall–Kier alpha value is -1.91. The zero-order valence-electron chi connectivity index (χ0n) is 20.1. The molecule has 2 unspecified atom stereocenters. The van der Waals surface area contributed by atoms with E-state index >= 15 is 0 Å². The van der Waals surface area contributed by atoms with Crippen LogP contribution in [0.15, 0.2) is 42.5 Å². The number of carbonyl (C=O) groups is 1. The zero-order valence-corrected chi connectivity index (χ0v) is 20.9. The second-order valence-corrected chi connectivity index (χ2v) is 11.8. The van der Waals surface area contributed by atoms with E-state index in [-0.39, 0.29) is 22.8 Å². The number of rotatable bonds is 2. The molecular weight excluding hydrogens is 430 g/mol. The summed E-state index contributed by atoms with van der Waals surface area (Å²) < 4.78 is 0. The highest BCUT2D eigenvalue weighted by atomic mass is 35.5. The lowest BCUT2D eigenvalue weighted by molar-refractivity contribution is -0.144. The van der Waals surface area contributed by atoms with E-state index in [4.69, 9.17) is 11.6 Å². The van der Waals surface area contributed by atoms with E-state index in [1.165, 1.54) is 11.1 Å². The van der Waals surface area contributed by atoms with Crippen molar-refractivity contribution in [3.05, 3.63) is 64.4 Å². The van der Waals surface area contributed by atoms with E-state index in [0.717, 1.165) is 57.4 Å². The van der Waals surface area contributed by atoms with Crippen molar-refractivity contribution >= 4 is 17.5 Å². The maximum atomic E-state index is 14.3. The fraction of sp³-hybridized carbons (Fsp3) is 0.571. The molecule has 2 fully saturated rings. The topological polar surface area (TPSA) is 45.2 Å². The van der Waals surface area contributed by atoms with E-state index in [1.54, 1.807) is 0 Å². The minimum Gasteiger partial charge on any atom is -0.339 e. The van der Waals surface area contributed by atoms with Crippen LogP contribution in [0.2, 0.25) is 5.15 Å². The van der Waals surface area contributed by atoms with Crippen LogP contribution in [0.3, 0.4) is 0 Å². The van der Waals surface area contributed by atoms with Gasteiger partial charge in [-0.2, -0.15) is 0 Å². The van der Waals surface area contributed by atoms with Crippen LogP contribution in [0.1, 0.15) is 69.2 Å². The van der Waals surface area contributed by atoms with Gasteiger partial charge in [0.1, 0.15) is 5.15 Å². The Morgan fingerprint density at radius 2 is 1.97 bits per heavy atom. The van der Waals surface area contributed by atoms with Crippen LogP contribution in [-0.4, -0.2) is 41.5 Å². The summed E-state index contributed by atoms with van der Waals surface area (Å²) in [6, 6.07) is 15.1. The van der Waals surface area contributed by atoms with Crippen molar-refractivity contribution < 1.29 is 4.79 Å². The highest BCUT2D eigenvalue weighted by Crippen LogP contribution is 2.47. The van der Waals surface area contributed by atoms with Gasteiger partial charge in [-0.3, -0.25) is 4.79 Å². The molecule has 2 aliphatic heterocycles. The quantitative estimate of drug-likeness (QED) is 0.608. The fourth-order valence-electron chi connectivity index (χ4n) is 6.73. The number of nitrogens with one attached hydrogen (secondary N) is 1. The molecule has 4 nitrogen and oxygen atoms in total. The van der Waals surface area contributed by atoms with Gasteiger partial charge in [0.05, 0.1) is 5.92 Å². The summed E-state index contributed by atoms with van der Waals surface area (Å²) in [6.07, 6.45) is 5.10. The minimum atomic E-state index is -0.166. The van der Waals surface area contributed by atoms with E-state index < -0.39 is 0 Å². The van der Waals surface area contributed by atoms with Gasteiger partial charge in [0.15, 0.2) is 0 Å². The first kappa shape index (κ1) is 22.9. The van der Waals surface area contributed by atoms with Crippen LogP contribution in [0.25, 0.3) is 0 Å². The van der Waals surface area contributed by atoms with E-state index in [9.17, 15) is 4.79 Å². The molecule has 1 aliphatic carbocycles. The van der Waals surface area contributed by atoms with Gasteiger partial charge in [0.25, 0.3) is 0 Å². The number of hydrogen-bond donors (Lipinski definition) is 1. The van der Waals surface area contributed by atoms with Crippen LogP contribution in [0.5, 0.6) is 0 Å². The molecule has 1 spiro atoms. The molecule has 1 aromatic heterocycles. The number of aromatic nitrogens is 1. The predicted molar refractivity (Wildman–Crippen MR) is 134 cm³/mol. The molecule has 2 saturated heterocycles. The molecule has 33 heavy (non-hydrogen) atoms. The van der Waals surface area contributed by atoms with Crippen molar-refractivity contribution in [2.75, 3.05) is 19.6 Å². The first-order valence-electron chi connectivity index (χ1n) is 12.5. The number of halogens is 1. The van der Waals surface area contributed by atoms with Gasteiger partial charge in [0.2, 0.25) is 5.91 Å². The lowest BCUT2D eigenvalue weighted by Crippen LogP contribution is -2.56. The van der Waals surface area contributed by atoms with Crippen molar-refractivity contribution in [3.63, 3.8) is 0 Å². The molecule has 1 amide bonds. The summed E-state index contributed by atoms with van der Waals surface area (Å²) in [7, 11) is 0. The third-order valence-electron chi connectivity index (χ3n) is 8.42. The fourth-order valence-corrected chi connectivity index (χ4v) is 6.90. The molecule has 5 heteroatoms. The summed E-state index contributed by atoms with van der Waals surface area (Å²) in [5, 5.41) is 4.14. The molecule has 0 bridgehead atoms. The Bertz CT molecular complexity index is 1020. The van der Waals surface area contributed by atoms with Gasteiger partial charge in [-0.1, -0.05) is 68.8 Å². The van der Waals surface area contributed by atoms with Gasteiger partial charge in [-0.05, 0) is 60.6 Å². The molecule has 3 heterocycles.